The normalized spacial score (nSPS) is 17.8. The molecule has 0 radical (unpaired) electrons. The maximum Gasteiger partial charge on any atom is 0.275 e. The summed E-state index contributed by atoms with van der Waals surface area (Å²) >= 11 is 0. The summed E-state index contributed by atoms with van der Waals surface area (Å²) in [5.41, 5.74) is 1.49. The Morgan fingerprint density at radius 1 is 1.28 bits per heavy atom. The van der Waals surface area contributed by atoms with Crippen molar-refractivity contribution in [1.82, 2.24) is 19.9 Å². The van der Waals surface area contributed by atoms with E-state index in [4.69, 9.17) is 0 Å². The number of carbonyl (C=O) groups excluding carboxylic acids is 1. The molecule has 1 N–H and O–H groups in total. The fourth-order valence-corrected chi connectivity index (χ4v) is 3.27. The molecule has 1 atom stereocenters. The Morgan fingerprint density at radius 2 is 2.12 bits per heavy atom. The average molecular weight is 342 g/mol. The van der Waals surface area contributed by atoms with Gasteiger partial charge in [0.25, 0.3) is 5.91 Å². The van der Waals surface area contributed by atoms with E-state index in [1.807, 2.05) is 24.3 Å². The van der Waals surface area contributed by atoms with E-state index in [-0.39, 0.29) is 11.6 Å². The number of nitrogens with zero attached hydrogens (tertiary/aromatic N) is 3. The minimum Gasteiger partial charge on any atom is -0.342 e. The maximum atomic E-state index is 13.8. The smallest absolute Gasteiger partial charge is 0.275 e. The second-order valence-electron chi connectivity index (χ2n) is 6.21. The lowest BCUT2D eigenvalue weighted by Gasteiger charge is -2.31. The number of hydrogen-bond donors (Lipinski definition) is 1. The number of imidazole rings is 1. The Morgan fingerprint density at radius 3 is 2.92 bits per heavy atom. The van der Waals surface area contributed by atoms with Crippen LogP contribution in [0.15, 0.2) is 36.5 Å². The standard InChI is InChI=1S/C18H16F2N4O/c19-12-8-13(20)16(21-9-12)18(25)24-7-3-4-11(10-24)17-22-14-5-1-2-6-15(14)23-17/h1-2,5-6,8-9,11H,3-4,7,10H2,(H,22,23). The number of nitrogens with one attached hydrogen (secondary N) is 1. The first-order valence-electron chi connectivity index (χ1n) is 8.17. The van der Waals surface area contributed by atoms with Gasteiger partial charge in [0, 0.05) is 25.1 Å². The quantitative estimate of drug-likeness (QED) is 0.778. The first-order chi connectivity index (χ1) is 12.1. The van der Waals surface area contributed by atoms with Gasteiger partial charge in [0.1, 0.15) is 11.6 Å². The zero-order chi connectivity index (χ0) is 17.4. The number of carbonyl (C=O) groups is 1. The van der Waals surface area contributed by atoms with Gasteiger partial charge >= 0.3 is 0 Å². The zero-order valence-electron chi connectivity index (χ0n) is 13.4. The van der Waals surface area contributed by atoms with Gasteiger partial charge < -0.3 is 9.88 Å². The number of benzene rings is 1. The molecule has 1 unspecified atom stereocenters. The van der Waals surface area contributed by atoms with Crippen LogP contribution in [0.25, 0.3) is 11.0 Å². The number of halogens is 2. The summed E-state index contributed by atoms with van der Waals surface area (Å²) < 4.78 is 26.8. The van der Waals surface area contributed by atoms with Crippen molar-refractivity contribution in [2.45, 2.75) is 18.8 Å². The maximum absolute atomic E-state index is 13.8. The summed E-state index contributed by atoms with van der Waals surface area (Å²) in [6.07, 6.45) is 2.54. The number of pyridine rings is 1. The molecule has 1 saturated heterocycles. The number of fused-ring (bicyclic) bond motifs is 1. The fourth-order valence-electron chi connectivity index (χ4n) is 3.27. The molecular weight excluding hydrogens is 326 g/mol. The molecular formula is C18H16F2N4O. The summed E-state index contributed by atoms with van der Waals surface area (Å²) in [6.45, 7) is 0.950. The number of H-pyrrole nitrogens is 1. The van der Waals surface area contributed by atoms with Crippen LogP contribution in [-0.4, -0.2) is 38.8 Å². The summed E-state index contributed by atoms with van der Waals surface area (Å²) in [5, 5.41) is 0. The highest BCUT2D eigenvalue weighted by Gasteiger charge is 2.29. The monoisotopic (exact) mass is 342 g/mol. The number of hydrogen-bond acceptors (Lipinski definition) is 3. The molecule has 0 spiro atoms. The molecule has 5 nitrogen and oxygen atoms in total. The zero-order valence-corrected chi connectivity index (χ0v) is 13.4. The van der Waals surface area contributed by atoms with E-state index in [0.29, 0.717) is 19.2 Å². The van der Waals surface area contributed by atoms with E-state index in [1.165, 1.54) is 0 Å². The highest BCUT2D eigenvalue weighted by atomic mass is 19.1. The summed E-state index contributed by atoms with van der Waals surface area (Å²) in [5.74, 6) is -1.37. The van der Waals surface area contributed by atoms with Crippen molar-refractivity contribution in [3.05, 3.63) is 59.7 Å². The second kappa shape index (κ2) is 6.23. The SMILES string of the molecule is O=C(c1ncc(F)cc1F)N1CCCC(c2nc3ccccc3[nH]2)C1. The Labute approximate surface area is 142 Å². The van der Waals surface area contributed by atoms with E-state index < -0.39 is 17.5 Å². The number of likely N-dealkylation sites (tertiary alicyclic amines) is 1. The Kier molecular flexibility index (Phi) is 3.91. The van der Waals surface area contributed by atoms with Crippen molar-refractivity contribution in [2.75, 3.05) is 13.1 Å². The molecule has 1 aliphatic rings. The van der Waals surface area contributed by atoms with Crippen LogP contribution in [0.1, 0.15) is 35.1 Å². The van der Waals surface area contributed by atoms with Crippen LogP contribution in [-0.2, 0) is 0 Å². The Bertz CT molecular complexity index is 907. The molecule has 0 aliphatic carbocycles. The minimum atomic E-state index is -0.934. The molecule has 1 fully saturated rings. The molecule has 2 aromatic heterocycles. The average Bonchev–Trinajstić information content (AvgIpc) is 3.05. The van der Waals surface area contributed by atoms with Crippen LogP contribution < -0.4 is 0 Å². The lowest BCUT2D eigenvalue weighted by Crippen LogP contribution is -2.40. The fraction of sp³-hybridized carbons (Fsp3) is 0.278. The van der Waals surface area contributed by atoms with Crippen molar-refractivity contribution < 1.29 is 13.6 Å². The molecule has 7 heteroatoms. The first kappa shape index (κ1) is 15.7. The number of para-hydroxylation sites is 2. The van der Waals surface area contributed by atoms with Crippen molar-refractivity contribution in [3.8, 4) is 0 Å². The van der Waals surface area contributed by atoms with Crippen LogP contribution >= 0.6 is 0 Å². The van der Waals surface area contributed by atoms with Crippen LogP contribution in [0, 0.1) is 11.6 Å². The number of aromatic amines is 1. The van der Waals surface area contributed by atoms with Crippen LogP contribution in [0.4, 0.5) is 8.78 Å². The van der Waals surface area contributed by atoms with Gasteiger partial charge in [-0.3, -0.25) is 4.79 Å². The number of amides is 1. The van der Waals surface area contributed by atoms with Gasteiger partial charge in [-0.15, -0.1) is 0 Å². The minimum absolute atomic E-state index is 0.0496. The molecule has 1 aliphatic heterocycles. The largest absolute Gasteiger partial charge is 0.342 e. The van der Waals surface area contributed by atoms with Gasteiger partial charge in [-0.2, -0.15) is 0 Å². The molecule has 1 aromatic carbocycles. The van der Waals surface area contributed by atoms with Crippen molar-refractivity contribution in [2.24, 2.45) is 0 Å². The summed E-state index contributed by atoms with van der Waals surface area (Å²) in [7, 11) is 0. The van der Waals surface area contributed by atoms with Gasteiger partial charge in [0.2, 0.25) is 0 Å². The van der Waals surface area contributed by atoms with E-state index in [1.54, 1.807) is 4.90 Å². The summed E-state index contributed by atoms with van der Waals surface area (Å²) in [4.78, 5) is 25.6. The van der Waals surface area contributed by atoms with Gasteiger partial charge in [0.15, 0.2) is 11.5 Å². The van der Waals surface area contributed by atoms with Gasteiger partial charge in [-0.05, 0) is 25.0 Å². The van der Waals surface area contributed by atoms with Gasteiger partial charge in [-0.1, -0.05) is 12.1 Å². The molecule has 0 saturated carbocycles. The lowest BCUT2D eigenvalue weighted by molar-refractivity contribution is 0.0693. The number of rotatable bonds is 2. The topological polar surface area (TPSA) is 61.9 Å². The number of piperidine rings is 1. The van der Waals surface area contributed by atoms with Crippen LogP contribution in [0.5, 0.6) is 0 Å². The predicted octanol–water partition coefficient (Wildman–Crippen LogP) is 3.26. The van der Waals surface area contributed by atoms with Crippen molar-refractivity contribution in [3.63, 3.8) is 0 Å². The van der Waals surface area contributed by atoms with Crippen molar-refractivity contribution in [1.29, 1.82) is 0 Å². The molecule has 1 amide bonds. The Hall–Kier alpha value is -2.83. The van der Waals surface area contributed by atoms with E-state index in [9.17, 15) is 13.6 Å². The summed E-state index contributed by atoms with van der Waals surface area (Å²) in [6, 6.07) is 8.42. The van der Waals surface area contributed by atoms with Gasteiger partial charge in [0.05, 0.1) is 17.2 Å². The van der Waals surface area contributed by atoms with E-state index in [2.05, 4.69) is 15.0 Å². The van der Waals surface area contributed by atoms with Crippen molar-refractivity contribution >= 4 is 16.9 Å². The molecule has 0 bridgehead atoms. The molecule has 128 valence electrons. The van der Waals surface area contributed by atoms with Crippen LogP contribution in [0.3, 0.4) is 0 Å². The lowest BCUT2D eigenvalue weighted by atomic mass is 9.97. The van der Waals surface area contributed by atoms with Crippen LogP contribution in [0.2, 0.25) is 0 Å². The van der Waals surface area contributed by atoms with Gasteiger partial charge in [-0.25, -0.2) is 18.7 Å². The highest BCUT2D eigenvalue weighted by molar-refractivity contribution is 5.92. The van der Waals surface area contributed by atoms with E-state index >= 15 is 0 Å². The molecule has 3 aromatic rings. The highest BCUT2D eigenvalue weighted by Crippen LogP contribution is 2.27. The van der Waals surface area contributed by atoms with E-state index in [0.717, 1.165) is 35.9 Å². The first-order valence-corrected chi connectivity index (χ1v) is 8.17. The number of aromatic nitrogens is 3. The predicted molar refractivity (Wildman–Crippen MR) is 88.1 cm³/mol. The molecule has 4 rings (SSSR count). The third-order valence-corrected chi connectivity index (χ3v) is 4.51. The Balaban J connectivity index is 1.57. The second-order valence-corrected chi connectivity index (χ2v) is 6.21. The third kappa shape index (κ3) is 2.97. The molecule has 3 heterocycles. The third-order valence-electron chi connectivity index (χ3n) is 4.51. The molecule has 25 heavy (non-hydrogen) atoms.